The van der Waals surface area contributed by atoms with Crippen LogP contribution in [-0.2, 0) is 9.59 Å². The van der Waals surface area contributed by atoms with Crippen LogP contribution in [0, 0.1) is 12.8 Å². The summed E-state index contributed by atoms with van der Waals surface area (Å²) in [4.78, 5) is 37.2. The van der Waals surface area contributed by atoms with E-state index in [9.17, 15) is 14.4 Å². The number of nitrogens with one attached hydrogen (secondary N) is 1. The van der Waals surface area contributed by atoms with Crippen LogP contribution in [0.3, 0.4) is 0 Å². The van der Waals surface area contributed by atoms with Gasteiger partial charge in [-0.15, -0.1) is 0 Å². The molecule has 0 aliphatic carbocycles. The molecule has 6 nitrogen and oxygen atoms in total. The lowest BCUT2D eigenvalue weighted by atomic mass is 10.1. The van der Waals surface area contributed by atoms with Crippen molar-refractivity contribution in [2.75, 3.05) is 16.8 Å². The number of carboxylic acids is 1. The van der Waals surface area contributed by atoms with E-state index in [2.05, 4.69) is 5.32 Å². The lowest BCUT2D eigenvalue weighted by Gasteiger charge is -2.17. The maximum Gasteiger partial charge on any atom is 0.335 e. The number of aryl methyl sites for hydroxylation is 1. The quantitative estimate of drug-likeness (QED) is 0.861. The van der Waals surface area contributed by atoms with Gasteiger partial charge in [-0.25, -0.2) is 4.79 Å². The standard InChI is InChI=1S/C19H17ClN2O4/c1-11-2-7-15(9-16(11)20)22-10-13(8-17(22)23)18(24)21-14-5-3-12(4-6-14)19(25)26/h2-7,9,13H,8,10H2,1H3,(H,21,24)(H,25,26)/t13-/m0/s1. The minimum Gasteiger partial charge on any atom is -0.478 e. The molecule has 1 atom stereocenters. The average molecular weight is 373 g/mol. The smallest absolute Gasteiger partial charge is 0.335 e. The molecule has 1 aliphatic heterocycles. The van der Waals surface area contributed by atoms with Crippen LogP contribution in [-0.4, -0.2) is 29.4 Å². The fourth-order valence-corrected chi connectivity index (χ4v) is 3.00. The van der Waals surface area contributed by atoms with Crippen LogP contribution in [0.5, 0.6) is 0 Å². The lowest BCUT2D eigenvalue weighted by Crippen LogP contribution is -2.28. The summed E-state index contributed by atoms with van der Waals surface area (Å²) in [6.45, 7) is 2.15. The van der Waals surface area contributed by atoms with Crippen LogP contribution in [0.2, 0.25) is 5.02 Å². The summed E-state index contributed by atoms with van der Waals surface area (Å²) in [5.74, 6) is -1.92. The maximum absolute atomic E-state index is 12.4. The second kappa shape index (κ2) is 7.17. The van der Waals surface area contributed by atoms with Crippen molar-refractivity contribution in [3.63, 3.8) is 0 Å². The molecule has 7 heteroatoms. The van der Waals surface area contributed by atoms with Crippen LogP contribution in [0.1, 0.15) is 22.3 Å². The van der Waals surface area contributed by atoms with Gasteiger partial charge in [0.15, 0.2) is 0 Å². The van der Waals surface area contributed by atoms with Crippen molar-refractivity contribution in [2.45, 2.75) is 13.3 Å². The van der Waals surface area contributed by atoms with Gasteiger partial charge in [0.1, 0.15) is 0 Å². The second-order valence-electron chi connectivity index (χ2n) is 6.21. The van der Waals surface area contributed by atoms with Crippen molar-refractivity contribution in [3.8, 4) is 0 Å². The van der Waals surface area contributed by atoms with Gasteiger partial charge < -0.3 is 15.3 Å². The fraction of sp³-hybridized carbons (Fsp3) is 0.211. The first-order chi connectivity index (χ1) is 12.3. The van der Waals surface area contributed by atoms with Crippen molar-refractivity contribution in [3.05, 3.63) is 58.6 Å². The zero-order valence-electron chi connectivity index (χ0n) is 14.0. The Balaban J connectivity index is 1.68. The summed E-state index contributed by atoms with van der Waals surface area (Å²) in [6, 6.07) is 11.2. The zero-order valence-corrected chi connectivity index (χ0v) is 14.8. The molecule has 0 spiro atoms. The molecule has 2 amide bonds. The fourth-order valence-electron chi connectivity index (χ4n) is 2.82. The summed E-state index contributed by atoms with van der Waals surface area (Å²) in [6.07, 6.45) is 0.116. The highest BCUT2D eigenvalue weighted by atomic mass is 35.5. The van der Waals surface area contributed by atoms with Crippen LogP contribution in [0.25, 0.3) is 0 Å². The number of benzene rings is 2. The number of nitrogens with zero attached hydrogens (tertiary/aromatic N) is 1. The number of halogens is 1. The van der Waals surface area contributed by atoms with Gasteiger partial charge >= 0.3 is 5.97 Å². The summed E-state index contributed by atoms with van der Waals surface area (Å²) in [5.41, 5.74) is 2.22. The van der Waals surface area contributed by atoms with Gasteiger partial charge in [-0.2, -0.15) is 0 Å². The third-order valence-electron chi connectivity index (χ3n) is 4.36. The Kier molecular flexibility index (Phi) is 4.95. The third kappa shape index (κ3) is 3.70. The summed E-state index contributed by atoms with van der Waals surface area (Å²) in [7, 11) is 0. The Bertz CT molecular complexity index is 880. The van der Waals surface area contributed by atoms with Crippen LogP contribution < -0.4 is 10.2 Å². The van der Waals surface area contributed by atoms with Gasteiger partial charge in [-0.1, -0.05) is 17.7 Å². The molecule has 134 valence electrons. The number of amides is 2. The summed E-state index contributed by atoms with van der Waals surface area (Å²) >= 11 is 6.12. The first-order valence-electron chi connectivity index (χ1n) is 8.06. The van der Waals surface area contributed by atoms with E-state index < -0.39 is 11.9 Å². The van der Waals surface area contributed by atoms with Gasteiger partial charge in [0.05, 0.1) is 11.5 Å². The topological polar surface area (TPSA) is 86.7 Å². The number of aromatic carboxylic acids is 1. The van der Waals surface area contributed by atoms with Crippen molar-refractivity contribution >= 4 is 40.8 Å². The van der Waals surface area contributed by atoms with Gasteiger partial charge in [0.2, 0.25) is 11.8 Å². The molecule has 3 rings (SSSR count). The molecule has 0 bridgehead atoms. The molecule has 0 radical (unpaired) electrons. The molecule has 1 aliphatic rings. The monoisotopic (exact) mass is 372 g/mol. The molecule has 0 unspecified atom stereocenters. The maximum atomic E-state index is 12.4. The number of carbonyl (C=O) groups excluding carboxylic acids is 2. The highest BCUT2D eigenvalue weighted by Gasteiger charge is 2.35. The van der Waals surface area contributed by atoms with Crippen molar-refractivity contribution in [1.82, 2.24) is 0 Å². The van der Waals surface area contributed by atoms with Crippen LogP contribution >= 0.6 is 11.6 Å². The summed E-state index contributed by atoms with van der Waals surface area (Å²) in [5, 5.41) is 12.2. The van der Waals surface area contributed by atoms with E-state index in [4.69, 9.17) is 16.7 Å². The number of hydrogen-bond acceptors (Lipinski definition) is 3. The molecule has 1 heterocycles. The van der Waals surface area contributed by atoms with E-state index in [1.807, 2.05) is 19.1 Å². The first kappa shape index (κ1) is 17.9. The second-order valence-corrected chi connectivity index (χ2v) is 6.62. The van der Waals surface area contributed by atoms with Crippen molar-refractivity contribution < 1.29 is 19.5 Å². The Morgan fingerprint density at radius 2 is 1.88 bits per heavy atom. The lowest BCUT2D eigenvalue weighted by molar-refractivity contribution is -0.122. The molecule has 2 aromatic carbocycles. The van der Waals surface area contributed by atoms with E-state index in [0.29, 0.717) is 16.4 Å². The highest BCUT2D eigenvalue weighted by Crippen LogP contribution is 2.29. The Morgan fingerprint density at radius 3 is 2.50 bits per heavy atom. The van der Waals surface area contributed by atoms with Crippen molar-refractivity contribution in [2.24, 2.45) is 5.92 Å². The van der Waals surface area contributed by atoms with E-state index in [-0.39, 0.29) is 30.3 Å². The van der Waals surface area contributed by atoms with E-state index in [1.54, 1.807) is 11.0 Å². The van der Waals surface area contributed by atoms with Crippen molar-refractivity contribution in [1.29, 1.82) is 0 Å². The average Bonchev–Trinajstić information content (AvgIpc) is 3.00. The van der Waals surface area contributed by atoms with Gasteiger partial charge in [0.25, 0.3) is 0 Å². The molecule has 2 N–H and O–H groups in total. The number of carboxylic acid groups (broad SMARTS) is 1. The molecular formula is C19H17ClN2O4. The Morgan fingerprint density at radius 1 is 1.19 bits per heavy atom. The number of carbonyl (C=O) groups is 3. The molecule has 26 heavy (non-hydrogen) atoms. The zero-order chi connectivity index (χ0) is 18.8. The predicted octanol–water partition coefficient (Wildman–Crippen LogP) is 3.34. The molecule has 2 aromatic rings. The normalized spacial score (nSPS) is 16.6. The molecule has 0 aromatic heterocycles. The molecule has 0 saturated carbocycles. The van der Waals surface area contributed by atoms with Gasteiger partial charge in [-0.05, 0) is 48.9 Å². The van der Waals surface area contributed by atoms with Gasteiger partial charge in [0, 0.05) is 29.4 Å². The number of anilines is 2. The van der Waals surface area contributed by atoms with E-state index in [1.165, 1.54) is 24.3 Å². The molecular weight excluding hydrogens is 356 g/mol. The predicted molar refractivity (Wildman–Crippen MR) is 98.7 cm³/mol. The SMILES string of the molecule is Cc1ccc(N2C[C@@H](C(=O)Nc3ccc(C(=O)O)cc3)CC2=O)cc1Cl. The van der Waals surface area contributed by atoms with Crippen LogP contribution in [0.15, 0.2) is 42.5 Å². The molecule has 1 fully saturated rings. The minimum atomic E-state index is -1.03. The summed E-state index contributed by atoms with van der Waals surface area (Å²) < 4.78 is 0. The first-order valence-corrected chi connectivity index (χ1v) is 8.43. The van der Waals surface area contributed by atoms with E-state index in [0.717, 1.165) is 5.56 Å². The highest BCUT2D eigenvalue weighted by molar-refractivity contribution is 6.31. The largest absolute Gasteiger partial charge is 0.478 e. The number of rotatable bonds is 4. The third-order valence-corrected chi connectivity index (χ3v) is 4.77. The Labute approximate surface area is 155 Å². The van der Waals surface area contributed by atoms with Gasteiger partial charge in [-0.3, -0.25) is 9.59 Å². The van der Waals surface area contributed by atoms with E-state index >= 15 is 0 Å². The van der Waals surface area contributed by atoms with Crippen LogP contribution in [0.4, 0.5) is 11.4 Å². The Hall–Kier alpha value is -2.86. The minimum absolute atomic E-state index is 0.116. The number of hydrogen-bond donors (Lipinski definition) is 2. The molecule has 1 saturated heterocycles.